The van der Waals surface area contributed by atoms with Crippen LogP contribution in [0.5, 0.6) is 0 Å². The number of anilines is 1. The van der Waals surface area contributed by atoms with E-state index < -0.39 is 0 Å². The molecule has 0 N–H and O–H groups in total. The van der Waals surface area contributed by atoms with Gasteiger partial charge < -0.3 is 9.80 Å². The molecule has 35 heavy (non-hydrogen) atoms. The summed E-state index contributed by atoms with van der Waals surface area (Å²) in [5.74, 6) is 0.606. The van der Waals surface area contributed by atoms with Crippen LogP contribution in [0.4, 0.5) is 5.69 Å². The first-order valence-electron chi connectivity index (χ1n) is 11.8. The second-order valence-electron chi connectivity index (χ2n) is 8.59. The number of hydrogen-bond acceptors (Lipinski definition) is 5. The molecule has 1 aliphatic heterocycles. The number of fused-ring (bicyclic) bond motifs is 1. The van der Waals surface area contributed by atoms with Crippen molar-refractivity contribution in [2.24, 2.45) is 0 Å². The van der Waals surface area contributed by atoms with Gasteiger partial charge in [0.05, 0.1) is 11.9 Å². The Bertz CT molecular complexity index is 1400. The number of hydrogen-bond donors (Lipinski definition) is 0. The van der Waals surface area contributed by atoms with E-state index in [-0.39, 0.29) is 24.4 Å². The van der Waals surface area contributed by atoms with Gasteiger partial charge in [-0.2, -0.15) is 0 Å². The third-order valence-electron chi connectivity index (χ3n) is 6.41. The number of rotatable bonds is 6. The maximum Gasteiger partial charge on any atom is 0.263 e. The summed E-state index contributed by atoms with van der Waals surface area (Å²) in [5.41, 5.74) is 2.22. The number of aromatic nitrogens is 3. The molecule has 0 aliphatic carbocycles. The van der Waals surface area contributed by atoms with Gasteiger partial charge in [-0.3, -0.25) is 14.2 Å². The average molecular weight is 488 g/mol. The molecule has 2 aromatic heterocycles. The molecule has 2 aromatic carbocycles. The highest BCUT2D eigenvalue weighted by Gasteiger charge is 2.22. The van der Waals surface area contributed by atoms with Crippen molar-refractivity contribution in [1.29, 1.82) is 0 Å². The topological polar surface area (TPSA) is 71.3 Å². The van der Waals surface area contributed by atoms with Crippen molar-refractivity contribution in [3.05, 3.63) is 99.7 Å². The number of piperazine rings is 1. The Balaban J connectivity index is 1.33. The van der Waals surface area contributed by atoms with Crippen LogP contribution in [-0.4, -0.2) is 51.5 Å². The highest BCUT2D eigenvalue weighted by atomic mass is 35.5. The number of para-hydroxylation sites is 1. The number of carbonyl (C=O) groups is 1. The normalized spacial score (nSPS) is 13.9. The summed E-state index contributed by atoms with van der Waals surface area (Å²) in [6.45, 7) is 3.23. The predicted octanol–water partition coefficient (Wildman–Crippen LogP) is 3.77. The number of nitrogens with zero attached hydrogens (tertiary/aromatic N) is 5. The van der Waals surface area contributed by atoms with E-state index >= 15 is 0 Å². The lowest BCUT2D eigenvalue weighted by molar-refractivity contribution is -0.131. The summed E-state index contributed by atoms with van der Waals surface area (Å²) < 4.78 is 1.62. The molecule has 1 saturated heterocycles. The Kier molecular flexibility index (Phi) is 6.77. The van der Waals surface area contributed by atoms with Crippen LogP contribution < -0.4 is 10.5 Å². The monoisotopic (exact) mass is 487 g/mol. The molecule has 0 saturated carbocycles. The zero-order chi connectivity index (χ0) is 24.2. The van der Waals surface area contributed by atoms with Crippen LogP contribution in [0.25, 0.3) is 11.0 Å². The molecule has 5 rings (SSSR count). The Morgan fingerprint density at radius 2 is 1.66 bits per heavy atom. The van der Waals surface area contributed by atoms with E-state index in [2.05, 4.69) is 27.0 Å². The van der Waals surface area contributed by atoms with Crippen molar-refractivity contribution >= 4 is 34.2 Å². The quantitative estimate of drug-likeness (QED) is 0.414. The molecule has 1 fully saturated rings. The fourth-order valence-corrected chi connectivity index (χ4v) is 4.67. The van der Waals surface area contributed by atoms with Gasteiger partial charge in [-0.15, -0.1) is 0 Å². The van der Waals surface area contributed by atoms with Gasteiger partial charge in [0.15, 0.2) is 5.65 Å². The van der Waals surface area contributed by atoms with Crippen LogP contribution in [0.15, 0.2) is 77.7 Å². The fourth-order valence-electron chi connectivity index (χ4n) is 4.48. The number of amides is 1. The van der Waals surface area contributed by atoms with Crippen LogP contribution in [0.3, 0.4) is 0 Å². The second kappa shape index (κ2) is 10.3. The van der Waals surface area contributed by atoms with Crippen LogP contribution >= 0.6 is 11.6 Å². The lowest BCUT2D eigenvalue weighted by atomic mass is 10.2. The SMILES string of the molecule is O=C(CCc1nc2ncccc2c(=O)n1Cc1ccccc1Cl)N1CCN(c2ccccc2)CC1. The van der Waals surface area contributed by atoms with Gasteiger partial charge in [-0.1, -0.05) is 48.0 Å². The van der Waals surface area contributed by atoms with E-state index in [1.54, 1.807) is 29.0 Å². The number of aryl methyl sites for hydroxylation is 1. The summed E-state index contributed by atoms with van der Waals surface area (Å²) in [6.07, 6.45) is 2.25. The molecular weight excluding hydrogens is 462 g/mol. The Morgan fingerprint density at radius 3 is 2.43 bits per heavy atom. The fraction of sp³-hybridized carbons (Fsp3) is 0.259. The molecule has 4 aromatic rings. The summed E-state index contributed by atoms with van der Waals surface area (Å²) in [6, 6.07) is 21.1. The molecule has 178 valence electrons. The lowest BCUT2D eigenvalue weighted by Crippen LogP contribution is -2.48. The van der Waals surface area contributed by atoms with Crippen LogP contribution in [-0.2, 0) is 17.8 Å². The maximum absolute atomic E-state index is 13.3. The maximum atomic E-state index is 13.3. The summed E-state index contributed by atoms with van der Waals surface area (Å²) in [7, 11) is 0. The van der Waals surface area contributed by atoms with Gasteiger partial charge in [0.25, 0.3) is 5.56 Å². The Morgan fingerprint density at radius 1 is 0.914 bits per heavy atom. The first-order valence-corrected chi connectivity index (χ1v) is 12.1. The molecule has 1 amide bonds. The van der Waals surface area contributed by atoms with Gasteiger partial charge in [0.1, 0.15) is 5.82 Å². The van der Waals surface area contributed by atoms with Crippen molar-refractivity contribution in [2.75, 3.05) is 31.1 Å². The smallest absolute Gasteiger partial charge is 0.263 e. The zero-order valence-corrected chi connectivity index (χ0v) is 20.1. The molecule has 0 radical (unpaired) electrons. The Hall–Kier alpha value is -3.71. The van der Waals surface area contributed by atoms with Crippen molar-refractivity contribution < 1.29 is 4.79 Å². The minimum atomic E-state index is -0.179. The van der Waals surface area contributed by atoms with Crippen LogP contribution in [0.1, 0.15) is 17.8 Å². The third kappa shape index (κ3) is 5.05. The summed E-state index contributed by atoms with van der Waals surface area (Å²) in [5, 5.41) is 1.04. The minimum absolute atomic E-state index is 0.0670. The number of halogens is 1. The van der Waals surface area contributed by atoms with Crippen molar-refractivity contribution in [3.8, 4) is 0 Å². The van der Waals surface area contributed by atoms with E-state index in [9.17, 15) is 9.59 Å². The van der Waals surface area contributed by atoms with Gasteiger partial charge in [-0.25, -0.2) is 9.97 Å². The number of benzene rings is 2. The largest absolute Gasteiger partial charge is 0.368 e. The van der Waals surface area contributed by atoms with Gasteiger partial charge in [-0.05, 0) is 35.9 Å². The minimum Gasteiger partial charge on any atom is -0.368 e. The molecule has 1 aliphatic rings. The molecule has 0 atom stereocenters. The second-order valence-corrected chi connectivity index (χ2v) is 9.00. The molecule has 0 bridgehead atoms. The highest BCUT2D eigenvalue weighted by molar-refractivity contribution is 6.31. The van der Waals surface area contributed by atoms with Crippen LogP contribution in [0, 0.1) is 0 Å². The van der Waals surface area contributed by atoms with Crippen molar-refractivity contribution in [1.82, 2.24) is 19.4 Å². The Labute approximate surface area is 208 Å². The van der Waals surface area contributed by atoms with E-state index in [0.29, 0.717) is 41.4 Å². The van der Waals surface area contributed by atoms with E-state index in [1.165, 1.54) is 5.69 Å². The average Bonchev–Trinajstić information content (AvgIpc) is 2.91. The van der Waals surface area contributed by atoms with Gasteiger partial charge in [0, 0.05) is 55.9 Å². The molecule has 3 heterocycles. The van der Waals surface area contributed by atoms with E-state index in [1.807, 2.05) is 41.3 Å². The lowest BCUT2D eigenvalue weighted by Gasteiger charge is -2.36. The zero-order valence-electron chi connectivity index (χ0n) is 19.3. The molecule has 7 nitrogen and oxygen atoms in total. The summed E-state index contributed by atoms with van der Waals surface area (Å²) >= 11 is 6.37. The van der Waals surface area contributed by atoms with Gasteiger partial charge in [0.2, 0.25) is 5.91 Å². The van der Waals surface area contributed by atoms with Crippen molar-refractivity contribution in [3.63, 3.8) is 0 Å². The molecule has 0 spiro atoms. The highest BCUT2D eigenvalue weighted by Crippen LogP contribution is 2.19. The number of carbonyl (C=O) groups excluding carboxylic acids is 1. The summed E-state index contributed by atoms with van der Waals surface area (Å²) in [4.78, 5) is 39.5. The standard InChI is InChI=1S/C27H26ClN5O2/c28-23-11-5-4-7-20(23)19-33-24(30-26-22(27(33)35)10-6-14-29-26)12-13-25(34)32-17-15-31(16-18-32)21-8-2-1-3-9-21/h1-11,14H,12-13,15-19H2. The van der Waals surface area contributed by atoms with E-state index in [4.69, 9.17) is 11.6 Å². The molecular formula is C27H26ClN5O2. The van der Waals surface area contributed by atoms with Gasteiger partial charge >= 0.3 is 0 Å². The predicted molar refractivity (Wildman–Crippen MR) is 138 cm³/mol. The number of pyridine rings is 1. The van der Waals surface area contributed by atoms with E-state index in [0.717, 1.165) is 18.7 Å². The third-order valence-corrected chi connectivity index (χ3v) is 6.78. The van der Waals surface area contributed by atoms with Crippen LogP contribution in [0.2, 0.25) is 5.02 Å². The van der Waals surface area contributed by atoms with Crippen molar-refractivity contribution in [2.45, 2.75) is 19.4 Å². The molecule has 8 heteroatoms. The molecule has 0 unspecified atom stereocenters. The first-order chi connectivity index (χ1) is 17.1. The first kappa shape index (κ1) is 23.1.